The number of carbonyl (C=O) groups excluding carboxylic acids is 1. The minimum absolute atomic E-state index is 0.214. The first-order valence-electron chi connectivity index (χ1n) is 5.82. The standard InChI is InChI=1S/C11H18N4O2/c1-15-6-9(12)10(14-15)11(16)13-5-8-3-2-4-17-7-8/h6,8H,2-5,7,12H2,1H3,(H,13,16). The van der Waals surface area contributed by atoms with Crippen molar-refractivity contribution in [2.24, 2.45) is 13.0 Å². The second-order valence-electron chi connectivity index (χ2n) is 4.40. The first-order chi connectivity index (χ1) is 8.16. The zero-order valence-electron chi connectivity index (χ0n) is 9.98. The number of nitrogens with zero attached hydrogens (tertiary/aromatic N) is 2. The van der Waals surface area contributed by atoms with Crippen molar-refractivity contribution in [3.8, 4) is 0 Å². The number of nitrogen functional groups attached to an aromatic ring is 1. The zero-order valence-corrected chi connectivity index (χ0v) is 9.98. The third kappa shape index (κ3) is 2.97. The van der Waals surface area contributed by atoms with E-state index in [9.17, 15) is 4.79 Å². The number of rotatable bonds is 3. The van der Waals surface area contributed by atoms with Crippen molar-refractivity contribution in [1.29, 1.82) is 0 Å². The molecule has 94 valence electrons. The van der Waals surface area contributed by atoms with Gasteiger partial charge in [-0.25, -0.2) is 0 Å². The summed E-state index contributed by atoms with van der Waals surface area (Å²) in [5.41, 5.74) is 6.39. The number of anilines is 1. The van der Waals surface area contributed by atoms with Crippen molar-refractivity contribution in [3.63, 3.8) is 0 Å². The van der Waals surface area contributed by atoms with Gasteiger partial charge in [-0.2, -0.15) is 5.10 Å². The molecule has 6 heteroatoms. The Morgan fingerprint density at radius 1 is 1.76 bits per heavy atom. The maximum absolute atomic E-state index is 11.8. The van der Waals surface area contributed by atoms with E-state index in [1.165, 1.54) is 4.68 Å². The summed E-state index contributed by atoms with van der Waals surface area (Å²) in [6, 6.07) is 0. The molecule has 1 aromatic heterocycles. The molecule has 1 fully saturated rings. The highest BCUT2D eigenvalue weighted by molar-refractivity contribution is 5.96. The van der Waals surface area contributed by atoms with E-state index in [0.717, 1.165) is 26.1 Å². The smallest absolute Gasteiger partial charge is 0.273 e. The summed E-state index contributed by atoms with van der Waals surface area (Å²) in [5, 5.41) is 6.87. The van der Waals surface area contributed by atoms with Gasteiger partial charge in [0.25, 0.3) is 5.91 Å². The van der Waals surface area contributed by atoms with Crippen molar-refractivity contribution >= 4 is 11.6 Å². The van der Waals surface area contributed by atoms with Crippen molar-refractivity contribution in [2.75, 3.05) is 25.5 Å². The highest BCUT2D eigenvalue weighted by atomic mass is 16.5. The van der Waals surface area contributed by atoms with Crippen LogP contribution in [0, 0.1) is 5.92 Å². The van der Waals surface area contributed by atoms with Crippen molar-refractivity contribution in [2.45, 2.75) is 12.8 Å². The molecule has 1 aromatic rings. The molecule has 1 amide bonds. The molecule has 0 aliphatic carbocycles. The van der Waals surface area contributed by atoms with E-state index < -0.39 is 0 Å². The molecule has 1 atom stereocenters. The van der Waals surface area contributed by atoms with Crippen LogP contribution < -0.4 is 11.1 Å². The molecule has 0 saturated carbocycles. The number of hydrogen-bond acceptors (Lipinski definition) is 4. The Hall–Kier alpha value is -1.56. The van der Waals surface area contributed by atoms with Crippen LogP contribution in [0.5, 0.6) is 0 Å². The molecule has 0 spiro atoms. The lowest BCUT2D eigenvalue weighted by Gasteiger charge is -2.21. The van der Waals surface area contributed by atoms with Gasteiger partial charge in [-0.1, -0.05) is 0 Å². The van der Waals surface area contributed by atoms with Gasteiger partial charge in [0.2, 0.25) is 0 Å². The molecular weight excluding hydrogens is 220 g/mol. The molecule has 1 unspecified atom stereocenters. The van der Waals surface area contributed by atoms with Crippen molar-refractivity contribution < 1.29 is 9.53 Å². The van der Waals surface area contributed by atoms with Crippen LogP contribution in [-0.2, 0) is 11.8 Å². The molecule has 3 N–H and O–H groups in total. The van der Waals surface area contributed by atoms with Crippen LogP contribution in [0.4, 0.5) is 5.69 Å². The molecular formula is C11H18N4O2. The van der Waals surface area contributed by atoms with Gasteiger partial charge in [-0.15, -0.1) is 0 Å². The Bertz CT molecular complexity index is 396. The molecule has 6 nitrogen and oxygen atoms in total. The molecule has 1 aliphatic heterocycles. The van der Waals surface area contributed by atoms with E-state index in [-0.39, 0.29) is 5.91 Å². The first kappa shape index (κ1) is 11.9. The molecule has 2 rings (SSSR count). The second kappa shape index (κ2) is 5.18. The average molecular weight is 238 g/mol. The Morgan fingerprint density at radius 3 is 3.18 bits per heavy atom. The van der Waals surface area contributed by atoms with Crippen LogP contribution in [0.2, 0.25) is 0 Å². The molecule has 0 aromatic carbocycles. The normalized spacial score (nSPS) is 20.2. The minimum Gasteiger partial charge on any atom is -0.396 e. The van der Waals surface area contributed by atoms with Gasteiger partial charge in [0.1, 0.15) is 0 Å². The van der Waals surface area contributed by atoms with Crippen LogP contribution in [0.1, 0.15) is 23.3 Å². The summed E-state index contributed by atoms with van der Waals surface area (Å²) in [7, 11) is 1.74. The predicted octanol–water partition coefficient (Wildman–Crippen LogP) is 0.159. The van der Waals surface area contributed by atoms with Gasteiger partial charge in [0.05, 0.1) is 12.3 Å². The van der Waals surface area contributed by atoms with E-state index in [4.69, 9.17) is 10.5 Å². The Kier molecular flexibility index (Phi) is 3.63. The van der Waals surface area contributed by atoms with E-state index in [1.807, 2.05) is 0 Å². The quantitative estimate of drug-likeness (QED) is 0.785. The lowest BCUT2D eigenvalue weighted by atomic mass is 10.0. The molecule has 1 aliphatic rings. The Balaban J connectivity index is 1.86. The van der Waals surface area contributed by atoms with Crippen LogP contribution in [0.15, 0.2) is 6.20 Å². The third-order valence-corrected chi connectivity index (χ3v) is 2.88. The van der Waals surface area contributed by atoms with Gasteiger partial charge < -0.3 is 15.8 Å². The largest absolute Gasteiger partial charge is 0.396 e. The number of ether oxygens (including phenoxy) is 1. The van der Waals surface area contributed by atoms with Gasteiger partial charge in [-0.05, 0) is 18.8 Å². The van der Waals surface area contributed by atoms with Crippen LogP contribution in [0.3, 0.4) is 0 Å². The molecule has 0 radical (unpaired) electrons. The maximum atomic E-state index is 11.8. The summed E-state index contributed by atoms with van der Waals surface area (Å²) < 4.78 is 6.89. The van der Waals surface area contributed by atoms with E-state index >= 15 is 0 Å². The molecule has 17 heavy (non-hydrogen) atoms. The summed E-state index contributed by atoms with van der Waals surface area (Å²) in [6.07, 6.45) is 3.78. The first-order valence-corrected chi connectivity index (χ1v) is 5.82. The Morgan fingerprint density at radius 2 is 2.59 bits per heavy atom. The summed E-state index contributed by atoms with van der Waals surface area (Å²) in [5.74, 6) is 0.186. The number of aryl methyl sites for hydroxylation is 1. The van der Waals surface area contributed by atoms with E-state index in [0.29, 0.717) is 23.8 Å². The van der Waals surface area contributed by atoms with Gasteiger partial charge in [-0.3, -0.25) is 9.48 Å². The molecule has 1 saturated heterocycles. The molecule has 0 bridgehead atoms. The van der Waals surface area contributed by atoms with Gasteiger partial charge in [0, 0.05) is 26.4 Å². The Labute approximate surface area is 100 Å². The van der Waals surface area contributed by atoms with E-state index in [2.05, 4.69) is 10.4 Å². The number of amides is 1. The fraction of sp³-hybridized carbons (Fsp3) is 0.636. The minimum atomic E-state index is -0.214. The monoisotopic (exact) mass is 238 g/mol. The molecule has 2 heterocycles. The van der Waals surface area contributed by atoms with Gasteiger partial charge in [0.15, 0.2) is 5.69 Å². The number of aromatic nitrogens is 2. The lowest BCUT2D eigenvalue weighted by molar-refractivity contribution is 0.0536. The predicted molar refractivity (Wildman–Crippen MR) is 63.5 cm³/mol. The number of hydrogen-bond donors (Lipinski definition) is 2. The SMILES string of the molecule is Cn1cc(N)c(C(=O)NCC2CCCOC2)n1. The fourth-order valence-corrected chi connectivity index (χ4v) is 1.97. The maximum Gasteiger partial charge on any atom is 0.273 e. The second-order valence-corrected chi connectivity index (χ2v) is 4.40. The van der Waals surface area contributed by atoms with Crippen LogP contribution in [-0.4, -0.2) is 35.4 Å². The third-order valence-electron chi connectivity index (χ3n) is 2.88. The highest BCUT2D eigenvalue weighted by Gasteiger charge is 2.18. The van der Waals surface area contributed by atoms with Crippen molar-refractivity contribution in [1.82, 2.24) is 15.1 Å². The lowest BCUT2D eigenvalue weighted by Crippen LogP contribution is -2.33. The number of nitrogens with two attached hydrogens (primary N) is 1. The summed E-state index contributed by atoms with van der Waals surface area (Å²) in [4.78, 5) is 11.8. The summed E-state index contributed by atoms with van der Waals surface area (Å²) >= 11 is 0. The fourth-order valence-electron chi connectivity index (χ4n) is 1.97. The summed E-state index contributed by atoms with van der Waals surface area (Å²) in [6.45, 7) is 2.17. The highest BCUT2D eigenvalue weighted by Crippen LogP contribution is 2.13. The van der Waals surface area contributed by atoms with Crippen molar-refractivity contribution in [3.05, 3.63) is 11.9 Å². The number of carbonyl (C=O) groups is 1. The topological polar surface area (TPSA) is 82.2 Å². The average Bonchev–Trinajstić information content (AvgIpc) is 2.67. The van der Waals surface area contributed by atoms with E-state index in [1.54, 1.807) is 13.2 Å². The number of nitrogens with one attached hydrogen (secondary N) is 1. The van der Waals surface area contributed by atoms with Crippen LogP contribution >= 0.6 is 0 Å². The zero-order chi connectivity index (χ0) is 12.3. The van der Waals surface area contributed by atoms with Gasteiger partial charge >= 0.3 is 0 Å². The van der Waals surface area contributed by atoms with Crippen LogP contribution in [0.25, 0.3) is 0 Å².